The van der Waals surface area contributed by atoms with Gasteiger partial charge in [0.25, 0.3) is 0 Å². The van der Waals surface area contributed by atoms with Gasteiger partial charge in [0.15, 0.2) is 0 Å². The van der Waals surface area contributed by atoms with Gasteiger partial charge in [0.05, 0.1) is 27.2 Å². The van der Waals surface area contributed by atoms with E-state index in [0.29, 0.717) is 18.2 Å². The Labute approximate surface area is 178 Å². The van der Waals surface area contributed by atoms with Gasteiger partial charge in [-0.05, 0) is 42.8 Å². The Kier molecular flexibility index (Phi) is 5.56. The number of amides is 2. The van der Waals surface area contributed by atoms with Gasteiger partial charge in [0, 0.05) is 24.6 Å². The van der Waals surface area contributed by atoms with E-state index in [-0.39, 0.29) is 30.1 Å². The molecular formula is C23H24FN3O2S. The maximum absolute atomic E-state index is 13.2. The third kappa shape index (κ3) is 4.07. The molecule has 1 saturated heterocycles. The fourth-order valence-electron chi connectivity index (χ4n) is 3.71. The number of thiazole rings is 1. The summed E-state index contributed by atoms with van der Waals surface area (Å²) in [6.45, 7) is 6.46. The maximum atomic E-state index is 13.2. The van der Waals surface area contributed by atoms with Crippen molar-refractivity contribution < 1.29 is 14.0 Å². The van der Waals surface area contributed by atoms with E-state index in [1.54, 1.807) is 28.4 Å². The van der Waals surface area contributed by atoms with E-state index in [1.165, 1.54) is 12.1 Å². The third-order valence-electron chi connectivity index (χ3n) is 5.52. The molecule has 30 heavy (non-hydrogen) atoms. The predicted molar refractivity (Wildman–Crippen MR) is 117 cm³/mol. The van der Waals surface area contributed by atoms with Crippen LogP contribution in [-0.2, 0) is 9.59 Å². The zero-order valence-corrected chi connectivity index (χ0v) is 18.0. The van der Waals surface area contributed by atoms with Crippen LogP contribution in [0.25, 0.3) is 10.2 Å². The Morgan fingerprint density at radius 1 is 1.20 bits per heavy atom. The highest BCUT2D eigenvalue weighted by Gasteiger charge is 2.37. The molecule has 3 aromatic rings. The SMILES string of the molecule is CC(C)c1nc2ccc(NC(=O)C3CC(=O)N(C(C)c4ccc(F)cc4)C3)cc2s1. The number of carbonyl (C=O) groups excluding carboxylic acids is 2. The first-order valence-electron chi connectivity index (χ1n) is 10.1. The summed E-state index contributed by atoms with van der Waals surface area (Å²) in [5.41, 5.74) is 2.49. The molecule has 4 rings (SSSR count). The number of rotatable bonds is 5. The van der Waals surface area contributed by atoms with E-state index >= 15 is 0 Å². The molecule has 2 amide bonds. The van der Waals surface area contributed by atoms with Crippen LogP contribution in [-0.4, -0.2) is 28.2 Å². The van der Waals surface area contributed by atoms with Crippen LogP contribution in [0.3, 0.4) is 0 Å². The summed E-state index contributed by atoms with van der Waals surface area (Å²) in [5, 5.41) is 4.02. The molecule has 0 spiro atoms. The molecule has 2 aromatic carbocycles. The number of hydrogen-bond donors (Lipinski definition) is 1. The van der Waals surface area contributed by atoms with Crippen molar-refractivity contribution in [2.45, 2.75) is 39.2 Å². The normalized spacial score (nSPS) is 17.7. The second kappa shape index (κ2) is 8.14. The summed E-state index contributed by atoms with van der Waals surface area (Å²) in [6.07, 6.45) is 0.178. The number of nitrogens with one attached hydrogen (secondary N) is 1. The van der Waals surface area contributed by atoms with Gasteiger partial charge in [-0.25, -0.2) is 9.37 Å². The lowest BCUT2D eigenvalue weighted by molar-refractivity contribution is -0.129. The molecule has 1 fully saturated rings. The minimum absolute atomic E-state index is 0.0635. The smallest absolute Gasteiger partial charge is 0.229 e. The van der Waals surface area contributed by atoms with Crippen LogP contribution in [0.15, 0.2) is 42.5 Å². The molecule has 0 bridgehead atoms. The van der Waals surface area contributed by atoms with Crippen LogP contribution in [0.4, 0.5) is 10.1 Å². The molecule has 2 heterocycles. The lowest BCUT2D eigenvalue weighted by Gasteiger charge is -2.25. The van der Waals surface area contributed by atoms with Gasteiger partial charge in [0.2, 0.25) is 11.8 Å². The number of carbonyl (C=O) groups is 2. The molecule has 2 unspecified atom stereocenters. The summed E-state index contributed by atoms with van der Waals surface area (Å²) < 4.78 is 14.2. The number of nitrogens with zero attached hydrogens (tertiary/aromatic N) is 2. The Morgan fingerprint density at radius 3 is 2.63 bits per heavy atom. The number of benzene rings is 2. The Bertz CT molecular complexity index is 1090. The molecule has 5 nitrogen and oxygen atoms in total. The lowest BCUT2D eigenvalue weighted by Crippen LogP contribution is -2.30. The summed E-state index contributed by atoms with van der Waals surface area (Å²) in [4.78, 5) is 31.6. The highest BCUT2D eigenvalue weighted by Crippen LogP contribution is 2.31. The second-order valence-corrected chi connectivity index (χ2v) is 9.12. The van der Waals surface area contributed by atoms with Gasteiger partial charge in [-0.2, -0.15) is 0 Å². The Balaban J connectivity index is 1.44. The molecule has 1 N–H and O–H groups in total. The average Bonchev–Trinajstić information content (AvgIpc) is 3.31. The van der Waals surface area contributed by atoms with Gasteiger partial charge in [-0.1, -0.05) is 26.0 Å². The monoisotopic (exact) mass is 425 g/mol. The number of anilines is 1. The van der Waals surface area contributed by atoms with Gasteiger partial charge in [0.1, 0.15) is 5.82 Å². The van der Waals surface area contributed by atoms with Crippen LogP contribution in [0.5, 0.6) is 0 Å². The second-order valence-electron chi connectivity index (χ2n) is 8.05. The van der Waals surface area contributed by atoms with Crippen molar-refractivity contribution >= 4 is 39.1 Å². The molecule has 1 aromatic heterocycles. The lowest BCUT2D eigenvalue weighted by atomic mass is 10.1. The molecule has 0 radical (unpaired) electrons. The van der Waals surface area contributed by atoms with Gasteiger partial charge in [-0.3, -0.25) is 9.59 Å². The van der Waals surface area contributed by atoms with E-state index in [9.17, 15) is 14.0 Å². The Morgan fingerprint density at radius 2 is 1.93 bits per heavy atom. The number of aromatic nitrogens is 1. The highest BCUT2D eigenvalue weighted by molar-refractivity contribution is 7.18. The summed E-state index contributed by atoms with van der Waals surface area (Å²) in [6, 6.07) is 11.6. The van der Waals surface area contributed by atoms with E-state index in [2.05, 4.69) is 24.1 Å². The molecule has 0 aliphatic carbocycles. The zero-order chi connectivity index (χ0) is 21.4. The van der Waals surface area contributed by atoms with E-state index in [4.69, 9.17) is 0 Å². The van der Waals surface area contributed by atoms with Gasteiger partial charge in [-0.15, -0.1) is 11.3 Å². The van der Waals surface area contributed by atoms with Crippen LogP contribution in [0, 0.1) is 11.7 Å². The van der Waals surface area contributed by atoms with E-state index < -0.39 is 5.92 Å². The predicted octanol–water partition coefficient (Wildman–Crippen LogP) is 5.11. The van der Waals surface area contributed by atoms with Crippen molar-refractivity contribution in [3.05, 3.63) is 58.9 Å². The van der Waals surface area contributed by atoms with Crippen LogP contribution >= 0.6 is 11.3 Å². The fraction of sp³-hybridized carbons (Fsp3) is 0.348. The zero-order valence-electron chi connectivity index (χ0n) is 17.2. The Hall–Kier alpha value is -2.80. The van der Waals surface area contributed by atoms with Crippen LogP contribution < -0.4 is 5.32 Å². The molecule has 2 atom stereocenters. The van der Waals surface area contributed by atoms with Crippen molar-refractivity contribution in [2.24, 2.45) is 5.92 Å². The van der Waals surface area contributed by atoms with Crippen molar-refractivity contribution in [1.82, 2.24) is 9.88 Å². The average molecular weight is 426 g/mol. The molecule has 156 valence electrons. The first kappa shape index (κ1) is 20.5. The molecule has 1 aliphatic heterocycles. The molecule has 1 aliphatic rings. The molecular weight excluding hydrogens is 401 g/mol. The van der Waals surface area contributed by atoms with Crippen molar-refractivity contribution in [2.75, 3.05) is 11.9 Å². The minimum atomic E-state index is -0.413. The van der Waals surface area contributed by atoms with Gasteiger partial charge < -0.3 is 10.2 Å². The molecule has 7 heteroatoms. The third-order valence-corrected chi connectivity index (χ3v) is 6.83. The van der Waals surface area contributed by atoms with Crippen LogP contribution in [0.2, 0.25) is 0 Å². The van der Waals surface area contributed by atoms with Gasteiger partial charge >= 0.3 is 0 Å². The first-order chi connectivity index (χ1) is 14.3. The quantitative estimate of drug-likeness (QED) is 0.618. The largest absolute Gasteiger partial charge is 0.335 e. The van der Waals surface area contributed by atoms with Crippen LogP contribution in [0.1, 0.15) is 49.7 Å². The molecule has 0 saturated carbocycles. The summed E-state index contributed by atoms with van der Waals surface area (Å²) in [5.74, 6) is -0.589. The number of fused-ring (bicyclic) bond motifs is 1. The number of likely N-dealkylation sites (tertiary alicyclic amines) is 1. The van der Waals surface area contributed by atoms with Crippen molar-refractivity contribution in [3.8, 4) is 0 Å². The maximum Gasteiger partial charge on any atom is 0.229 e. The summed E-state index contributed by atoms with van der Waals surface area (Å²) in [7, 11) is 0. The first-order valence-corrected chi connectivity index (χ1v) is 10.9. The summed E-state index contributed by atoms with van der Waals surface area (Å²) >= 11 is 1.63. The standard InChI is InChI=1S/C23H24FN3O2S/c1-13(2)23-26-19-9-8-18(11-20(19)30-23)25-22(29)16-10-21(28)27(12-16)14(3)15-4-6-17(24)7-5-15/h4-9,11,13-14,16H,10,12H2,1-3H3,(H,25,29). The number of hydrogen-bond acceptors (Lipinski definition) is 4. The highest BCUT2D eigenvalue weighted by atomic mass is 32.1. The fourth-order valence-corrected chi connectivity index (χ4v) is 4.72. The van der Waals surface area contributed by atoms with E-state index in [0.717, 1.165) is 20.8 Å². The topological polar surface area (TPSA) is 62.3 Å². The van der Waals surface area contributed by atoms with Crippen molar-refractivity contribution in [3.63, 3.8) is 0 Å². The number of halogens is 1. The van der Waals surface area contributed by atoms with E-state index in [1.807, 2.05) is 25.1 Å². The van der Waals surface area contributed by atoms with Crippen molar-refractivity contribution in [1.29, 1.82) is 0 Å². The minimum Gasteiger partial charge on any atom is -0.335 e.